The number of benzene rings is 3. The van der Waals surface area contributed by atoms with E-state index in [4.69, 9.17) is 15.0 Å². The highest BCUT2D eigenvalue weighted by atomic mass is 15.1. The Balaban J connectivity index is 1.64. The Morgan fingerprint density at radius 1 is 0.806 bits per heavy atom. The number of rotatable bonds is 4. The van der Waals surface area contributed by atoms with Gasteiger partial charge >= 0.3 is 0 Å². The van der Waals surface area contributed by atoms with Crippen LogP contribution < -0.4 is 5.32 Å². The molecule has 0 spiro atoms. The van der Waals surface area contributed by atoms with E-state index in [2.05, 4.69) is 67.7 Å². The van der Waals surface area contributed by atoms with Crippen LogP contribution in [-0.2, 0) is 0 Å². The van der Waals surface area contributed by atoms with Gasteiger partial charge in [-0.1, -0.05) is 73.7 Å². The topological polar surface area (TPSA) is 50.2 Å². The second-order valence-electron chi connectivity index (χ2n) is 7.78. The summed E-state index contributed by atoms with van der Waals surface area (Å²) in [6.07, 6.45) is 3.11. The first-order valence-electron chi connectivity index (χ1n) is 10.7. The zero-order valence-electron chi connectivity index (χ0n) is 17.7. The smallest absolute Gasteiger partial charge is 0.162 e. The van der Waals surface area contributed by atoms with Crippen LogP contribution >= 0.6 is 0 Å². The van der Waals surface area contributed by atoms with E-state index < -0.39 is 0 Å². The van der Waals surface area contributed by atoms with E-state index in [0.29, 0.717) is 5.82 Å². The minimum absolute atomic E-state index is 0.244. The third-order valence-electron chi connectivity index (χ3n) is 5.67. The number of hydrogen-bond donors (Lipinski definition) is 1. The van der Waals surface area contributed by atoms with Crippen molar-refractivity contribution in [3.05, 3.63) is 90.5 Å². The number of nitrogens with one attached hydrogen (secondary N) is 1. The summed E-state index contributed by atoms with van der Waals surface area (Å²) in [6.45, 7) is 4.29. The Bertz CT molecular complexity index is 1310. The average Bonchev–Trinajstić information content (AvgIpc) is 3.18. The summed E-state index contributed by atoms with van der Waals surface area (Å²) in [5.41, 5.74) is 5.45. The predicted molar refractivity (Wildman–Crippen MR) is 129 cm³/mol. The van der Waals surface area contributed by atoms with Crippen molar-refractivity contribution in [3.8, 4) is 22.5 Å². The van der Waals surface area contributed by atoms with Gasteiger partial charge in [0.2, 0.25) is 0 Å². The highest BCUT2D eigenvalue weighted by molar-refractivity contribution is 6.09. The second kappa shape index (κ2) is 8.15. The van der Waals surface area contributed by atoms with Gasteiger partial charge in [0.15, 0.2) is 5.82 Å². The number of anilines is 1. The molecule has 0 amide bonds. The third-order valence-corrected chi connectivity index (χ3v) is 5.67. The molecular formula is C27H24N4. The summed E-state index contributed by atoms with van der Waals surface area (Å²) in [7, 11) is 0. The fourth-order valence-corrected chi connectivity index (χ4v) is 4.06. The lowest BCUT2D eigenvalue weighted by Gasteiger charge is -2.13. The summed E-state index contributed by atoms with van der Waals surface area (Å²) in [5.74, 6) is 2.34. The summed E-state index contributed by atoms with van der Waals surface area (Å²) < 4.78 is 0. The van der Waals surface area contributed by atoms with Crippen LogP contribution in [0.25, 0.3) is 33.4 Å². The highest BCUT2D eigenvalue weighted by Gasteiger charge is 2.18. The van der Waals surface area contributed by atoms with Gasteiger partial charge in [0.05, 0.1) is 11.6 Å². The molecule has 4 heteroatoms. The second-order valence-corrected chi connectivity index (χ2v) is 7.78. The molecule has 1 aromatic heterocycles. The zero-order chi connectivity index (χ0) is 21.2. The van der Waals surface area contributed by atoms with Crippen molar-refractivity contribution in [2.45, 2.75) is 26.3 Å². The fraction of sp³-hybridized carbons (Fsp3) is 0.148. The zero-order valence-corrected chi connectivity index (χ0v) is 17.7. The van der Waals surface area contributed by atoms with Crippen molar-refractivity contribution in [1.29, 1.82) is 0 Å². The van der Waals surface area contributed by atoms with Crippen molar-refractivity contribution < 1.29 is 0 Å². The van der Waals surface area contributed by atoms with Crippen LogP contribution in [0.15, 0.2) is 95.5 Å². The van der Waals surface area contributed by atoms with Crippen molar-refractivity contribution in [1.82, 2.24) is 9.97 Å². The van der Waals surface area contributed by atoms with Crippen LogP contribution in [0.1, 0.15) is 20.3 Å². The lowest BCUT2D eigenvalue weighted by atomic mass is 9.99. The number of para-hydroxylation sites is 1. The largest absolute Gasteiger partial charge is 0.325 e. The van der Waals surface area contributed by atoms with Crippen LogP contribution in [-0.4, -0.2) is 21.8 Å². The first-order valence-corrected chi connectivity index (χ1v) is 10.7. The summed E-state index contributed by atoms with van der Waals surface area (Å²) >= 11 is 0. The monoisotopic (exact) mass is 404 g/mol. The van der Waals surface area contributed by atoms with E-state index >= 15 is 0 Å². The minimum atomic E-state index is 0.244. The molecule has 1 aliphatic rings. The molecule has 0 radical (unpaired) electrons. The molecule has 0 saturated heterocycles. The normalized spacial score (nSPS) is 15.6. The van der Waals surface area contributed by atoms with Crippen molar-refractivity contribution >= 4 is 22.6 Å². The molecule has 1 aliphatic heterocycles. The number of aliphatic imine (C=N–C) groups is 1. The standard InChI is InChI=1S/C27H24N4/c1-3-23-18(2)17-25(28-23)30-27-22-15-9-10-16-24(22)29-26(31-27)21-14-8-7-13-20(21)19-11-5-4-6-12-19/h4-17,23H,3H2,1-2H3,(H,28,29,30,31). The molecule has 1 N–H and O–H groups in total. The van der Waals surface area contributed by atoms with Gasteiger partial charge in [0.1, 0.15) is 11.7 Å². The van der Waals surface area contributed by atoms with Gasteiger partial charge in [0, 0.05) is 10.9 Å². The number of aromatic nitrogens is 2. The summed E-state index contributed by atoms with van der Waals surface area (Å²) in [4.78, 5) is 14.7. The van der Waals surface area contributed by atoms with E-state index in [1.807, 2.05) is 36.4 Å². The van der Waals surface area contributed by atoms with Gasteiger partial charge in [-0.3, -0.25) is 4.99 Å². The first kappa shape index (κ1) is 19.2. The third kappa shape index (κ3) is 3.73. The quantitative estimate of drug-likeness (QED) is 0.422. The number of amidine groups is 1. The van der Waals surface area contributed by atoms with Gasteiger partial charge in [-0.05, 0) is 48.3 Å². The van der Waals surface area contributed by atoms with Gasteiger partial charge in [-0.25, -0.2) is 9.97 Å². The van der Waals surface area contributed by atoms with Gasteiger partial charge < -0.3 is 5.32 Å². The lowest BCUT2D eigenvalue weighted by Crippen LogP contribution is -2.11. The van der Waals surface area contributed by atoms with Gasteiger partial charge in [-0.15, -0.1) is 0 Å². The Kier molecular flexibility index (Phi) is 5.04. The van der Waals surface area contributed by atoms with Crippen molar-refractivity contribution in [2.75, 3.05) is 5.32 Å². The van der Waals surface area contributed by atoms with Crippen LogP contribution in [0.4, 0.5) is 5.82 Å². The van der Waals surface area contributed by atoms with E-state index in [9.17, 15) is 0 Å². The maximum absolute atomic E-state index is 4.96. The maximum atomic E-state index is 4.96. The molecule has 0 saturated carbocycles. The Hall–Kier alpha value is -3.79. The molecule has 3 aromatic carbocycles. The van der Waals surface area contributed by atoms with Crippen molar-refractivity contribution in [3.63, 3.8) is 0 Å². The average molecular weight is 405 g/mol. The number of hydrogen-bond acceptors (Lipinski definition) is 4. The molecule has 4 nitrogen and oxygen atoms in total. The molecule has 0 aliphatic carbocycles. The molecule has 1 unspecified atom stereocenters. The van der Waals surface area contributed by atoms with Crippen LogP contribution in [0.2, 0.25) is 0 Å². The summed E-state index contributed by atoms with van der Waals surface area (Å²) in [5, 5.41) is 4.45. The molecule has 5 rings (SSSR count). The molecule has 1 atom stereocenters. The molecular weight excluding hydrogens is 380 g/mol. The maximum Gasteiger partial charge on any atom is 0.162 e. The fourth-order valence-electron chi connectivity index (χ4n) is 4.06. The summed E-state index contributed by atoms with van der Waals surface area (Å²) in [6, 6.07) is 27.0. The molecule has 0 bridgehead atoms. The molecule has 152 valence electrons. The molecule has 2 heterocycles. The number of fused-ring (bicyclic) bond motifs is 1. The first-order chi connectivity index (χ1) is 15.2. The molecule has 0 fully saturated rings. The lowest BCUT2D eigenvalue weighted by molar-refractivity contribution is 0.756. The van der Waals surface area contributed by atoms with E-state index in [-0.39, 0.29) is 6.04 Å². The Morgan fingerprint density at radius 3 is 2.29 bits per heavy atom. The van der Waals surface area contributed by atoms with E-state index in [0.717, 1.165) is 45.7 Å². The Labute approximate surface area is 182 Å². The van der Waals surface area contributed by atoms with Gasteiger partial charge in [-0.2, -0.15) is 0 Å². The van der Waals surface area contributed by atoms with Crippen molar-refractivity contribution in [2.24, 2.45) is 4.99 Å². The van der Waals surface area contributed by atoms with Crippen LogP contribution in [0, 0.1) is 0 Å². The van der Waals surface area contributed by atoms with Crippen LogP contribution in [0.5, 0.6) is 0 Å². The molecule has 31 heavy (non-hydrogen) atoms. The Morgan fingerprint density at radius 2 is 1.52 bits per heavy atom. The van der Waals surface area contributed by atoms with E-state index in [1.54, 1.807) is 0 Å². The van der Waals surface area contributed by atoms with Crippen LogP contribution in [0.3, 0.4) is 0 Å². The molecule has 4 aromatic rings. The highest BCUT2D eigenvalue weighted by Crippen LogP contribution is 2.32. The van der Waals surface area contributed by atoms with Gasteiger partial charge in [0.25, 0.3) is 0 Å². The minimum Gasteiger partial charge on any atom is -0.325 e. The number of nitrogens with zero attached hydrogens (tertiary/aromatic N) is 3. The SMILES string of the molecule is CCC1N=C(Nc2nc(-c3ccccc3-c3ccccc3)nc3ccccc23)C=C1C. The van der Waals surface area contributed by atoms with E-state index in [1.165, 1.54) is 5.57 Å². The predicted octanol–water partition coefficient (Wildman–Crippen LogP) is 6.51.